The number of nitrogens with zero attached hydrogens (tertiary/aromatic N) is 4. The van der Waals surface area contributed by atoms with Crippen molar-refractivity contribution in [3.63, 3.8) is 0 Å². The first-order valence-corrected chi connectivity index (χ1v) is 11.0. The summed E-state index contributed by atoms with van der Waals surface area (Å²) in [6, 6.07) is 12.8. The van der Waals surface area contributed by atoms with Gasteiger partial charge in [-0.1, -0.05) is 16.8 Å². The average molecular weight is 508 g/mol. The second kappa shape index (κ2) is 9.31. The van der Waals surface area contributed by atoms with Crippen LogP contribution in [0.15, 0.2) is 70.1 Å². The number of anilines is 1. The number of pyridine rings is 2. The fourth-order valence-electron chi connectivity index (χ4n) is 3.62. The van der Waals surface area contributed by atoms with Crippen LogP contribution in [0.5, 0.6) is 0 Å². The van der Waals surface area contributed by atoms with Crippen molar-refractivity contribution in [2.75, 3.05) is 5.32 Å². The smallest absolute Gasteiger partial charge is 0.263 e. The molecule has 0 aliphatic heterocycles. The molecule has 5 aromatic rings. The third-order valence-corrected chi connectivity index (χ3v) is 5.59. The summed E-state index contributed by atoms with van der Waals surface area (Å²) in [5.41, 5.74) is 0.966. The Morgan fingerprint density at radius 3 is 2.61 bits per heavy atom. The third kappa shape index (κ3) is 4.58. The van der Waals surface area contributed by atoms with Gasteiger partial charge in [0.25, 0.3) is 5.89 Å². The van der Waals surface area contributed by atoms with Crippen LogP contribution in [0.3, 0.4) is 0 Å². The largest absolute Gasteiger partial charge is 0.333 e. The van der Waals surface area contributed by atoms with Gasteiger partial charge in [0, 0.05) is 28.5 Å². The zero-order chi connectivity index (χ0) is 25.4. The van der Waals surface area contributed by atoms with E-state index in [1.165, 1.54) is 10.8 Å². The van der Waals surface area contributed by atoms with E-state index in [4.69, 9.17) is 16.1 Å². The van der Waals surface area contributed by atoms with Gasteiger partial charge >= 0.3 is 0 Å². The molecule has 0 saturated carbocycles. The molecule has 0 spiro atoms. The van der Waals surface area contributed by atoms with Crippen molar-refractivity contribution in [3.05, 3.63) is 93.4 Å². The summed E-state index contributed by atoms with van der Waals surface area (Å²) in [7, 11) is 0. The Balaban J connectivity index is 1.54. The molecule has 36 heavy (non-hydrogen) atoms. The molecule has 0 atom stereocenters. The average Bonchev–Trinajstić information content (AvgIpc) is 3.33. The summed E-state index contributed by atoms with van der Waals surface area (Å²) in [6.45, 7) is 1.42. The molecule has 3 aromatic heterocycles. The number of hydrogen-bond acceptors (Lipinski definition) is 6. The highest BCUT2D eigenvalue weighted by atomic mass is 35.5. The third-order valence-electron chi connectivity index (χ3n) is 5.34. The monoisotopic (exact) mass is 507 g/mol. The van der Waals surface area contributed by atoms with Crippen molar-refractivity contribution >= 4 is 34.2 Å². The molecule has 1 amide bonds. The molecule has 2 aromatic carbocycles. The minimum atomic E-state index is -0.914. The van der Waals surface area contributed by atoms with Crippen LogP contribution in [-0.4, -0.2) is 25.6 Å². The standard InChI is InChI=1S/C25H16ClF2N5O3/c1-13-2-8-17-22(35)18(25-31-23(32-36-25)14-3-5-15(26)6-4-14)11-33(24(17)29-13)12-21(34)30-20-9-7-16(27)10-19(20)28/h2-11H,12H2,1H3,(H,30,34). The summed E-state index contributed by atoms with van der Waals surface area (Å²) < 4.78 is 34.0. The first-order chi connectivity index (χ1) is 17.3. The molecule has 5 rings (SSSR count). The zero-order valence-electron chi connectivity index (χ0n) is 18.6. The number of carbonyl (C=O) groups excluding carboxylic acids is 1. The van der Waals surface area contributed by atoms with Crippen LogP contribution in [0.4, 0.5) is 14.5 Å². The van der Waals surface area contributed by atoms with Crippen LogP contribution >= 0.6 is 11.6 Å². The van der Waals surface area contributed by atoms with Gasteiger partial charge in [-0.25, -0.2) is 13.8 Å². The van der Waals surface area contributed by atoms with Crippen LogP contribution in [0.25, 0.3) is 33.9 Å². The SMILES string of the molecule is Cc1ccc2c(=O)c(-c3nc(-c4ccc(Cl)cc4)no3)cn(CC(=O)Nc3ccc(F)cc3F)c2n1. The Morgan fingerprint density at radius 1 is 1.08 bits per heavy atom. The van der Waals surface area contributed by atoms with Crippen molar-refractivity contribution in [2.45, 2.75) is 13.5 Å². The molecule has 1 N–H and O–H groups in total. The van der Waals surface area contributed by atoms with E-state index in [1.54, 1.807) is 43.3 Å². The first kappa shape index (κ1) is 23.3. The van der Waals surface area contributed by atoms with Gasteiger partial charge in [-0.3, -0.25) is 9.59 Å². The molecule has 180 valence electrons. The molecule has 0 radical (unpaired) electrons. The maximum atomic E-state index is 14.0. The topological polar surface area (TPSA) is 103 Å². The van der Waals surface area contributed by atoms with E-state index in [-0.39, 0.29) is 40.5 Å². The minimum Gasteiger partial charge on any atom is -0.333 e. The van der Waals surface area contributed by atoms with Gasteiger partial charge in [0.15, 0.2) is 0 Å². The lowest BCUT2D eigenvalue weighted by molar-refractivity contribution is -0.116. The van der Waals surface area contributed by atoms with E-state index in [9.17, 15) is 18.4 Å². The number of benzene rings is 2. The van der Waals surface area contributed by atoms with Gasteiger partial charge in [-0.05, 0) is 55.5 Å². The lowest BCUT2D eigenvalue weighted by Gasteiger charge is -2.13. The molecule has 3 heterocycles. The highest BCUT2D eigenvalue weighted by Crippen LogP contribution is 2.24. The van der Waals surface area contributed by atoms with Crippen molar-refractivity contribution in [3.8, 4) is 22.8 Å². The lowest BCUT2D eigenvalue weighted by atomic mass is 10.1. The predicted octanol–water partition coefficient (Wildman–Crippen LogP) is 4.99. The van der Waals surface area contributed by atoms with Crippen LogP contribution in [-0.2, 0) is 11.3 Å². The van der Waals surface area contributed by atoms with E-state index in [0.717, 1.165) is 12.1 Å². The number of carbonyl (C=O) groups is 1. The maximum absolute atomic E-state index is 14.0. The molecule has 0 fully saturated rings. The summed E-state index contributed by atoms with van der Waals surface area (Å²) in [5.74, 6) is -2.10. The van der Waals surface area contributed by atoms with Gasteiger partial charge in [-0.15, -0.1) is 0 Å². The molecule has 11 heteroatoms. The molecule has 0 saturated heterocycles. The summed E-state index contributed by atoms with van der Waals surface area (Å²) in [5, 5.41) is 7.12. The summed E-state index contributed by atoms with van der Waals surface area (Å²) >= 11 is 5.93. The lowest BCUT2D eigenvalue weighted by Crippen LogP contribution is -2.22. The molecule has 0 aliphatic carbocycles. The number of fused-ring (bicyclic) bond motifs is 1. The van der Waals surface area contributed by atoms with Gasteiger partial charge in [-0.2, -0.15) is 4.98 Å². The zero-order valence-corrected chi connectivity index (χ0v) is 19.4. The highest BCUT2D eigenvalue weighted by Gasteiger charge is 2.19. The number of rotatable bonds is 5. The summed E-state index contributed by atoms with van der Waals surface area (Å²) in [4.78, 5) is 34.7. The van der Waals surface area contributed by atoms with Crippen LogP contribution in [0.1, 0.15) is 5.69 Å². The number of hydrogen-bond donors (Lipinski definition) is 1. The number of halogens is 3. The molecule has 0 aliphatic rings. The van der Waals surface area contributed by atoms with E-state index >= 15 is 0 Å². The van der Waals surface area contributed by atoms with E-state index in [0.29, 0.717) is 22.3 Å². The van der Waals surface area contributed by atoms with Crippen LogP contribution in [0, 0.1) is 18.6 Å². The van der Waals surface area contributed by atoms with Crippen molar-refractivity contribution < 1.29 is 18.1 Å². The van der Waals surface area contributed by atoms with Gasteiger partial charge < -0.3 is 14.4 Å². The van der Waals surface area contributed by atoms with Crippen molar-refractivity contribution in [1.82, 2.24) is 19.7 Å². The quantitative estimate of drug-likeness (QED) is 0.359. The fourth-order valence-corrected chi connectivity index (χ4v) is 3.74. The fraction of sp³-hybridized carbons (Fsp3) is 0.0800. The van der Waals surface area contributed by atoms with Gasteiger partial charge in [0.05, 0.1) is 11.1 Å². The number of aryl methyl sites for hydroxylation is 1. The van der Waals surface area contributed by atoms with Crippen molar-refractivity contribution in [1.29, 1.82) is 0 Å². The Labute approximate surface area is 207 Å². The second-order valence-corrected chi connectivity index (χ2v) is 8.36. The van der Waals surface area contributed by atoms with Gasteiger partial charge in [0.2, 0.25) is 17.2 Å². The van der Waals surface area contributed by atoms with E-state index < -0.39 is 23.0 Å². The van der Waals surface area contributed by atoms with Crippen LogP contribution in [0.2, 0.25) is 5.02 Å². The number of aromatic nitrogens is 4. The highest BCUT2D eigenvalue weighted by molar-refractivity contribution is 6.30. The van der Waals surface area contributed by atoms with E-state index in [1.807, 2.05) is 0 Å². The second-order valence-electron chi connectivity index (χ2n) is 7.93. The van der Waals surface area contributed by atoms with Crippen LogP contribution < -0.4 is 10.7 Å². The number of amides is 1. The molecule has 8 nitrogen and oxygen atoms in total. The predicted molar refractivity (Wildman–Crippen MR) is 129 cm³/mol. The Bertz CT molecular complexity index is 1680. The Morgan fingerprint density at radius 2 is 1.86 bits per heavy atom. The summed E-state index contributed by atoms with van der Waals surface area (Å²) in [6.07, 6.45) is 1.39. The maximum Gasteiger partial charge on any atom is 0.263 e. The Kier molecular flexibility index (Phi) is 6.03. The normalized spacial score (nSPS) is 11.1. The molecule has 0 bridgehead atoms. The molecule has 0 unspecified atom stereocenters. The first-order valence-electron chi connectivity index (χ1n) is 10.6. The Hall–Kier alpha value is -4.44. The van der Waals surface area contributed by atoms with E-state index in [2.05, 4.69) is 20.4 Å². The minimum absolute atomic E-state index is 0.0498. The molecular formula is C25H16ClF2N5O3. The molecular weight excluding hydrogens is 492 g/mol. The van der Waals surface area contributed by atoms with Crippen molar-refractivity contribution in [2.24, 2.45) is 0 Å². The van der Waals surface area contributed by atoms with Gasteiger partial charge in [0.1, 0.15) is 29.4 Å². The number of nitrogens with one attached hydrogen (secondary N) is 1.